The third-order valence-electron chi connectivity index (χ3n) is 4.30. The number of carbonyl (C=O) groups excluding carboxylic acids is 1. The highest BCUT2D eigenvalue weighted by atomic mass is 32.2. The number of esters is 1. The lowest BCUT2D eigenvalue weighted by Crippen LogP contribution is -2.40. The molecule has 0 radical (unpaired) electrons. The predicted molar refractivity (Wildman–Crippen MR) is 114 cm³/mol. The van der Waals surface area contributed by atoms with E-state index in [1.165, 1.54) is 19.2 Å². The molecule has 1 N–H and O–H groups in total. The number of ether oxygens (including phenoxy) is 1. The second-order valence-electron chi connectivity index (χ2n) is 6.27. The number of nitrogens with one attached hydrogen (secondary N) is 1. The van der Waals surface area contributed by atoms with Gasteiger partial charge in [0.1, 0.15) is 0 Å². The first kappa shape index (κ1) is 20.9. The minimum atomic E-state index is -3.88. The molecule has 0 unspecified atom stereocenters. The topological polar surface area (TPSA) is 76.3 Å². The van der Waals surface area contributed by atoms with Crippen LogP contribution in [0.25, 0.3) is 16.5 Å². The molecule has 0 aliphatic carbocycles. The molecular formula is C21H21N2O4S2+. The van der Waals surface area contributed by atoms with E-state index in [2.05, 4.69) is 4.72 Å². The number of aryl methyl sites for hydroxylation is 1. The van der Waals surface area contributed by atoms with Gasteiger partial charge in [0.2, 0.25) is 0 Å². The monoisotopic (exact) mass is 429 g/mol. The summed E-state index contributed by atoms with van der Waals surface area (Å²) in [7, 11) is -2.62. The van der Waals surface area contributed by atoms with Crippen LogP contribution in [0.5, 0.6) is 0 Å². The number of hydrogen-bond donors (Lipinski definition) is 1. The van der Waals surface area contributed by atoms with Crippen molar-refractivity contribution in [3.8, 4) is 0 Å². The molecule has 8 heteroatoms. The summed E-state index contributed by atoms with van der Waals surface area (Å²) in [5.74, 6) is -0.652. The quantitative estimate of drug-likeness (QED) is 0.370. The molecule has 29 heavy (non-hydrogen) atoms. The molecule has 0 fully saturated rings. The van der Waals surface area contributed by atoms with Crippen molar-refractivity contribution in [3.05, 3.63) is 77.6 Å². The summed E-state index contributed by atoms with van der Waals surface area (Å²) in [6.45, 7) is 1.88. The number of fused-ring (bicyclic) bond motifs is 1. The van der Waals surface area contributed by atoms with Gasteiger partial charge in [-0.05, 0) is 36.8 Å². The Labute approximate surface area is 174 Å². The summed E-state index contributed by atoms with van der Waals surface area (Å²) < 4.78 is 34.7. The summed E-state index contributed by atoms with van der Waals surface area (Å²) in [6.07, 6.45) is 5.15. The maximum Gasteiger partial charge on any atom is 0.406 e. The average Bonchev–Trinajstić information content (AvgIpc) is 2.73. The van der Waals surface area contributed by atoms with Crippen LogP contribution in [0.1, 0.15) is 5.56 Å². The Morgan fingerprint density at radius 2 is 1.69 bits per heavy atom. The first-order chi connectivity index (χ1) is 13.9. The van der Waals surface area contributed by atoms with Crippen molar-refractivity contribution in [3.63, 3.8) is 0 Å². The molecular weight excluding hydrogens is 408 g/mol. The number of benzene rings is 2. The number of thioether (sulfide) groups is 1. The van der Waals surface area contributed by atoms with Crippen LogP contribution < -0.4 is 9.29 Å². The first-order valence-corrected chi connectivity index (χ1v) is 11.4. The fraction of sp³-hybridized carbons (Fsp3) is 0.143. The second-order valence-corrected chi connectivity index (χ2v) is 8.77. The highest BCUT2D eigenvalue weighted by Crippen LogP contribution is 2.21. The highest BCUT2D eigenvalue weighted by molar-refractivity contribution is 8.03. The van der Waals surface area contributed by atoms with Crippen LogP contribution in [0, 0.1) is 6.92 Å². The summed E-state index contributed by atoms with van der Waals surface area (Å²) in [4.78, 5) is 12.7. The molecule has 1 aromatic heterocycles. The summed E-state index contributed by atoms with van der Waals surface area (Å²) in [6, 6.07) is 16.0. The van der Waals surface area contributed by atoms with Gasteiger partial charge in [0.05, 0.1) is 12.0 Å². The lowest BCUT2D eigenvalue weighted by molar-refractivity contribution is -0.577. The van der Waals surface area contributed by atoms with Gasteiger partial charge in [0.15, 0.2) is 17.4 Å². The van der Waals surface area contributed by atoms with Crippen LogP contribution >= 0.6 is 11.8 Å². The van der Waals surface area contributed by atoms with Gasteiger partial charge in [0.25, 0.3) is 10.0 Å². The maximum atomic E-state index is 12.9. The molecule has 0 aliphatic rings. The summed E-state index contributed by atoms with van der Waals surface area (Å²) in [5.41, 5.74) is 1.04. The number of methoxy groups -OCH3 is 1. The van der Waals surface area contributed by atoms with E-state index >= 15 is 0 Å². The van der Waals surface area contributed by atoms with E-state index in [1.54, 1.807) is 35.3 Å². The van der Waals surface area contributed by atoms with Crippen molar-refractivity contribution >= 4 is 44.2 Å². The van der Waals surface area contributed by atoms with E-state index in [4.69, 9.17) is 4.74 Å². The van der Waals surface area contributed by atoms with Gasteiger partial charge in [-0.15, -0.1) is 11.8 Å². The Balaban J connectivity index is 2.12. The number of rotatable bonds is 6. The minimum Gasteiger partial charge on any atom is -0.461 e. The fourth-order valence-corrected chi connectivity index (χ4v) is 4.77. The van der Waals surface area contributed by atoms with E-state index in [-0.39, 0.29) is 15.6 Å². The molecule has 1 heterocycles. The molecule has 0 saturated heterocycles. The van der Waals surface area contributed by atoms with E-state index in [0.717, 1.165) is 28.1 Å². The van der Waals surface area contributed by atoms with E-state index in [9.17, 15) is 13.2 Å². The third kappa shape index (κ3) is 4.60. The van der Waals surface area contributed by atoms with Crippen LogP contribution in [0.4, 0.5) is 0 Å². The van der Waals surface area contributed by atoms with Gasteiger partial charge in [-0.3, -0.25) is 4.72 Å². The van der Waals surface area contributed by atoms with Crippen LogP contribution in [-0.4, -0.2) is 27.8 Å². The van der Waals surface area contributed by atoms with Gasteiger partial charge < -0.3 is 4.74 Å². The van der Waals surface area contributed by atoms with Crippen molar-refractivity contribution in [1.82, 2.24) is 4.72 Å². The van der Waals surface area contributed by atoms with Crippen LogP contribution in [0.3, 0.4) is 0 Å². The van der Waals surface area contributed by atoms with Crippen LogP contribution in [0.15, 0.2) is 76.9 Å². The van der Waals surface area contributed by atoms with E-state index in [1.807, 2.05) is 37.3 Å². The highest BCUT2D eigenvalue weighted by Gasteiger charge is 2.30. The van der Waals surface area contributed by atoms with Gasteiger partial charge in [0, 0.05) is 11.5 Å². The van der Waals surface area contributed by atoms with Gasteiger partial charge in [-0.25, -0.2) is 13.2 Å². The van der Waals surface area contributed by atoms with Crippen LogP contribution in [-0.2, 0) is 19.6 Å². The number of hydrogen-bond acceptors (Lipinski definition) is 5. The molecule has 2 aromatic carbocycles. The standard InChI is InChI=1S/C21H20N2O4S2/c1-15-8-10-18(11-9-15)29(25,26)22-20(28-3)19(21(24)27-2)23-13-12-16-6-4-5-7-17(16)14-23/h4-14H,1-3H3/p+1. The minimum absolute atomic E-state index is 0.0847. The Bertz CT molecular complexity index is 1190. The zero-order valence-corrected chi connectivity index (χ0v) is 17.9. The molecule has 0 bridgehead atoms. The number of sulfonamides is 1. The van der Waals surface area contributed by atoms with Gasteiger partial charge >= 0.3 is 11.7 Å². The molecule has 6 nitrogen and oxygen atoms in total. The third-order valence-corrected chi connectivity index (χ3v) is 6.50. The maximum absolute atomic E-state index is 12.9. The number of aromatic nitrogens is 1. The molecule has 150 valence electrons. The van der Waals surface area contributed by atoms with Gasteiger partial charge in [-0.1, -0.05) is 35.9 Å². The average molecular weight is 430 g/mol. The smallest absolute Gasteiger partial charge is 0.406 e. The van der Waals surface area contributed by atoms with Crippen molar-refractivity contribution in [2.24, 2.45) is 0 Å². The largest absolute Gasteiger partial charge is 0.461 e. The molecule has 3 aromatic rings. The van der Waals surface area contributed by atoms with Gasteiger partial charge in [-0.2, -0.15) is 4.57 Å². The van der Waals surface area contributed by atoms with Crippen LogP contribution in [0.2, 0.25) is 0 Å². The Kier molecular flexibility index (Phi) is 6.24. The first-order valence-electron chi connectivity index (χ1n) is 8.72. The predicted octanol–water partition coefficient (Wildman–Crippen LogP) is 3.08. The Hall–Kier alpha value is -2.84. The Morgan fingerprint density at radius 3 is 2.31 bits per heavy atom. The lowest BCUT2D eigenvalue weighted by Gasteiger charge is -2.11. The molecule has 0 aliphatic heterocycles. The van der Waals surface area contributed by atoms with Crippen molar-refractivity contribution in [2.45, 2.75) is 11.8 Å². The Morgan fingerprint density at radius 1 is 1.03 bits per heavy atom. The molecule has 0 atom stereocenters. The zero-order valence-electron chi connectivity index (χ0n) is 16.2. The molecule has 0 spiro atoms. The molecule has 0 saturated carbocycles. The van der Waals surface area contributed by atoms with Crippen molar-refractivity contribution < 1.29 is 22.5 Å². The number of nitrogens with zero attached hydrogens (tertiary/aromatic N) is 1. The SMILES string of the molecule is COC(=O)C(=C(NS(=O)(=O)c1ccc(C)cc1)SC)[n+]1ccc2ccccc2c1. The summed E-state index contributed by atoms with van der Waals surface area (Å²) in [5, 5.41) is 2.06. The second kappa shape index (κ2) is 8.67. The zero-order chi connectivity index (χ0) is 21.0. The van der Waals surface area contributed by atoms with Crippen molar-refractivity contribution in [2.75, 3.05) is 13.4 Å². The fourth-order valence-electron chi connectivity index (χ4n) is 2.77. The summed E-state index contributed by atoms with van der Waals surface area (Å²) >= 11 is 1.11. The lowest BCUT2D eigenvalue weighted by atomic mass is 10.2. The number of carbonyl (C=O) groups is 1. The normalized spacial score (nSPS) is 12.4. The van der Waals surface area contributed by atoms with Crippen molar-refractivity contribution in [1.29, 1.82) is 0 Å². The number of pyridine rings is 1. The molecule has 3 rings (SSSR count). The van der Waals surface area contributed by atoms with E-state index < -0.39 is 16.0 Å². The molecule has 0 amide bonds. The van der Waals surface area contributed by atoms with E-state index in [0.29, 0.717) is 0 Å².